The van der Waals surface area contributed by atoms with E-state index in [-0.39, 0.29) is 12.0 Å². The van der Waals surface area contributed by atoms with Gasteiger partial charge in [0.15, 0.2) is 29.1 Å². The molecule has 0 saturated heterocycles. The Kier molecular flexibility index (Phi) is 4.96. The van der Waals surface area contributed by atoms with Crippen LogP contribution in [0.4, 0.5) is 17.6 Å². The Morgan fingerprint density at radius 2 is 1.36 bits per heavy atom. The fourth-order valence-corrected chi connectivity index (χ4v) is 2.23. The molecule has 0 saturated carbocycles. The number of hydrogen-bond acceptors (Lipinski definition) is 1. The van der Waals surface area contributed by atoms with Crippen molar-refractivity contribution in [3.05, 3.63) is 70.3 Å². The quantitative estimate of drug-likeness (QED) is 0.447. The Morgan fingerprint density at radius 1 is 0.864 bits per heavy atom. The lowest BCUT2D eigenvalue weighted by molar-refractivity contribution is 0.0990. The van der Waals surface area contributed by atoms with Crippen LogP contribution in [0.3, 0.4) is 0 Å². The summed E-state index contributed by atoms with van der Waals surface area (Å²) >= 11 is 0. The topological polar surface area (TPSA) is 17.1 Å². The van der Waals surface area contributed by atoms with E-state index in [2.05, 4.69) is 0 Å². The summed E-state index contributed by atoms with van der Waals surface area (Å²) < 4.78 is 55.6. The highest BCUT2D eigenvalue weighted by Gasteiger charge is 2.26. The minimum atomic E-state index is -1.49. The standard InChI is InChI=1S/C17H14F4O/c1-2-6-11-14(18)16(20)12(17(21)15(11)19)9-13(22)10-7-4-3-5-8-10/h3-5,7-8H,2,6,9H2,1H3. The van der Waals surface area contributed by atoms with Crippen molar-refractivity contribution in [2.24, 2.45) is 0 Å². The van der Waals surface area contributed by atoms with Crippen LogP contribution in [0.5, 0.6) is 0 Å². The molecule has 0 heterocycles. The Labute approximate surface area is 125 Å². The molecule has 0 spiro atoms. The van der Waals surface area contributed by atoms with Gasteiger partial charge in [-0.25, -0.2) is 17.6 Å². The number of benzene rings is 2. The molecule has 0 aliphatic carbocycles. The molecule has 0 amide bonds. The van der Waals surface area contributed by atoms with Crippen molar-refractivity contribution in [2.45, 2.75) is 26.2 Å². The maximum atomic E-state index is 14.0. The molecular formula is C17H14F4O. The van der Waals surface area contributed by atoms with Crippen molar-refractivity contribution in [3.8, 4) is 0 Å². The first-order chi connectivity index (χ1) is 10.5. The molecule has 116 valence electrons. The number of hydrogen-bond donors (Lipinski definition) is 0. The van der Waals surface area contributed by atoms with Gasteiger partial charge >= 0.3 is 0 Å². The molecular weight excluding hydrogens is 296 g/mol. The van der Waals surface area contributed by atoms with Crippen LogP contribution in [0, 0.1) is 23.3 Å². The van der Waals surface area contributed by atoms with E-state index in [1.807, 2.05) is 0 Å². The molecule has 1 nitrogen and oxygen atoms in total. The first-order valence-corrected chi connectivity index (χ1v) is 6.89. The largest absolute Gasteiger partial charge is 0.294 e. The third kappa shape index (κ3) is 3.03. The SMILES string of the molecule is CCCc1c(F)c(F)c(CC(=O)c2ccccc2)c(F)c1F. The normalized spacial score (nSPS) is 10.8. The minimum Gasteiger partial charge on any atom is -0.294 e. The fraction of sp³-hybridized carbons (Fsp3) is 0.235. The summed E-state index contributed by atoms with van der Waals surface area (Å²) in [5.74, 6) is -6.44. The van der Waals surface area contributed by atoms with Gasteiger partial charge in [0.2, 0.25) is 0 Å². The second-order valence-electron chi connectivity index (χ2n) is 4.93. The predicted octanol–water partition coefficient (Wildman–Crippen LogP) is 4.62. The summed E-state index contributed by atoms with van der Waals surface area (Å²) in [5, 5.41) is 0. The van der Waals surface area contributed by atoms with E-state index in [4.69, 9.17) is 0 Å². The third-order valence-electron chi connectivity index (χ3n) is 3.38. The van der Waals surface area contributed by atoms with Gasteiger partial charge in [-0.05, 0) is 6.42 Å². The molecule has 0 bridgehead atoms. The van der Waals surface area contributed by atoms with E-state index in [1.165, 1.54) is 12.1 Å². The van der Waals surface area contributed by atoms with Crippen molar-refractivity contribution < 1.29 is 22.4 Å². The molecule has 0 fully saturated rings. The zero-order chi connectivity index (χ0) is 16.3. The molecule has 2 aromatic rings. The van der Waals surface area contributed by atoms with Gasteiger partial charge in [-0.15, -0.1) is 0 Å². The van der Waals surface area contributed by atoms with E-state index in [0.717, 1.165) is 0 Å². The van der Waals surface area contributed by atoms with E-state index in [0.29, 0.717) is 6.42 Å². The number of carbonyl (C=O) groups excluding carboxylic acids is 1. The van der Waals surface area contributed by atoms with Gasteiger partial charge in [-0.1, -0.05) is 43.7 Å². The van der Waals surface area contributed by atoms with Crippen LogP contribution in [0.1, 0.15) is 34.8 Å². The van der Waals surface area contributed by atoms with Crippen LogP contribution in [0.15, 0.2) is 30.3 Å². The smallest absolute Gasteiger partial charge is 0.167 e. The lowest BCUT2D eigenvalue weighted by Gasteiger charge is -2.11. The van der Waals surface area contributed by atoms with Crippen molar-refractivity contribution in [1.82, 2.24) is 0 Å². The first-order valence-electron chi connectivity index (χ1n) is 6.89. The summed E-state index contributed by atoms with van der Waals surface area (Å²) in [5.41, 5.74) is -1.27. The molecule has 2 rings (SSSR count). The van der Waals surface area contributed by atoms with Crippen molar-refractivity contribution in [1.29, 1.82) is 0 Å². The van der Waals surface area contributed by atoms with Gasteiger partial charge in [0.05, 0.1) is 0 Å². The van der Waals surface area contributed by atoms with E-state index in [1.54, 1.807) is 25.1 Å². The van der Waals surface area contributed by atoms with Crippen LogP contribution in [-0.4, -0.2) is 5.78 Å². The summed E-state index contributed by atoms with van der Waals surface area (Å²) in [6, 6.07) is 7.79. The van der Waals surface area contributed by atoms with Gasteiger partial charge in [0.25, 0.3) is 0 Å². The summed E-state index contributed by atoms with van der Waals surface area (Å²) in [6.45, 7) is 1.64. The maximum absolute atomic E-state index is 14.0. The van der Waals surface area contributed by atoms with Crippen molar-refractivity contribution >= 4 is 5.78 Å². The van der Waals surface area contributed by atoms with Gasteiger partial charge in [0, 0.05) is 23.1 Å². The molecule has 0 atom stereocenters. The van der Waals surface area contributed by atoms with E-state index >= 15 is 0 Å². The Morgan fingerprint density at radius 3 is 1.86 bits per heavy atom. The highest BCUT2D eigenvalue weighted by Crippen LogP contribution is 2.26. The van der Waals surface area contributed by atoms with E-state index < -0.39 is 46.6 Å². The summed E-state index contributed by atoms with van der Waals surface area (Å²) in [7, 11) is 0. The number of Topliss-reactive ketones (excluding diaryl/α,β-unsaturated/α-hetero) is 1. The summed E-state index contributed by atoms with van der Waals surface area (Å²) in [4.78, 5) is 12.0. The molecule has 0 radical (unpaired) electrons. The molecule has 22 heavy (non-hydrogen) atoms. The number of carbonyl (C=O) groups is 1. The zero-order valence-corrected chi connectivity index (χ0v) is 11.9. The molecule has 0 aliphatic heterocycles. The molecule has 2 aromatic carbocycles. The maximum Gasteiger partial charge on any atom is 0.167 e. The van der Waals surface area contributed by atoms with Crippen molar-refractivity contribution in [3.63, 3.8) is 0 Å². The molecule has 0 N–H and O–H groups in total. The predicted molar refractivity (Wildman–Crippen MR) is 74.7 cm³/mol. The molecule has 0 unspecified atom stereocenters. The molecule has 5 heteroatoms. The third-order valence-corrected chi connectivity index (χ3v) is 3.38. The second-order valence-corrected chi connectivity index (χ2v) is 4.93. The zero-order valence-electron chi connectivity index (χ0n) is 11.9. The van der Waals surface area contributed by atoms with E-state index in [9.17, 15) is 22.4 Å². The van der Waals surface area contributed by atoms with Crippen molar-refractivity contribution in [2.75, 3.05) is 0 Å². The van der Waals surface area contributed by atoms with Crippen LogP contribution >= 0.6 is 0 Å². The van der Waals surface area contributed by atoms with Crippen LogP contribution in [0.2, 0.25) is 0 Å². The lowest BCUT2D eigenvalue weighted by atomic mass is 9.98. The number of rotatable bonds is 5. The Hall–Kier alpha value is -2.17. The van der Waals surface area contributed by atoms with Crippen LogP contribution in [-0.2, 0) is 12.8 Å². The Balaban J connectivity index is 2.42. The lowest BCUT2D eigenvalue weighted by Crippen LogP contribution is -2.13. The van der Waals surface area contributed by atoms with Gasteiger partial charge in [0.1, 0.15) is 0 Å². The highest BCUT2D eigenvalue weighted by atomic mass is 19.2. The number of halogens is 4. The first kappa shape index (κ1) is 16.2. The molecule has 0 aromatic heterocycles. The van der Waals surface area contributed by atoms with Gasteiger partial charge in [-0.3, -0.25) is 4.79 Å². The van der Waals surface area contributed by atoms with Gasteiger partial charge in [-0.2, -0.15) is 0 Å². The highest BCUT2D eigenvalue weighted by molar-refractivity contribution is 5.97. The molecule has 0 aliphatic rings. The second kappa shape index (κ2) is 6.73. The minimum absolute atomic E-state index is 0.113. The van der Waals surface area contributed by atoms with Crippen LogP contribution in [0.25, 0.3) is 0 Å². The van der Waals surface area contributed by atoms with Gasteiger partial charge < -0.3 is 0 Å². The Bertz CT molecular complexity index is 667. The average Bonchev–Trinajstić information content (AvgIpc) is 2.54. The fourth-order valence-electron chi connectivity index (χ4n) is 2.23. The number of ketones is 1. The summed E-state index contributed by atoms with van der Waals surface area (Å²) in [6.07, 6.45) is -0.505. The average molecular weight is 310 g/mol. The monoisotopic (exact) mass is 310 g/mol. The van der Waals surface area contributed by atoms with Crippen LogP contribution < -0.4 is 0 Å².